The van der Waals surface area contributed by atoms with Crippen LogP contribution in [0.2, 0.25) is 0 Å². The highest BCUT2D eigenvalue weighted by Gasteiger charge is 2.32. The number of imidazole rings is 1. The summed E-state index contributed by atoms with van der Waals surface area (Å²) in [6.07, 6.45) is 3.45. The first kappa shape index (κ1) is 14.7. The zero-order valence-corrected chi connectivity index (χ0v) is 12.5. The van der Waals surface area contributed by atoms with Gasteiger partial charge in [-0.3, -0.25) is 0 Å². The van der Waals surface area contributed by atoms with E-state index in [-0.39, 0.29) is 17.7 Å². The van der Waals surface area contributed by atoms with Gasteiger partial charge in [0.15, 0.2) is 5.82 Å². The number of benzene rings is 1. The van der Waals surface area contributed by atoms with Crippen molar-refractivity contribution in [3.8, 4) is 0 Å². The molecular weight excluding hydrogens is 298 g/mol. The standard InChI is InChI=1S/C15H17ClF2N2O/c1-21-13-4-2-3-11(13)20-12-8-9(17)7-10(18)15(12)19-14(20)5-6-16/h7-8,11,13H,2-6H2,1H3. The quantitative estimate of drug-likeness (QED) is 0.802. The molecule has 0 amide bonds. The van der Waals surface area contributed by atoms with E-state index >= 15 is 0 Å². The Labute approximate surface area is 126 Å². The molecule has 6 heteroatoms. The molecule has 3 rings (SSSR count). The maximum atomic E-state index is 14.0. The van der Waals surface area contributed by atoms with Crippen LogP contribution in [-0.2, 0) is 11.2 Å². The van der Waals surface area contributed by atoms with Crippen molar-refractivity contribution in [2.24, 2.45) is 0 Å². The molecule has 1 fully saturated rings. The summed E-state index contributed by atoms with van der Waals surface area (Å²) in [5.74, 6) is -0.145. The lowest BCUT2D eigenvalue weighted by molar-refractivity contribution is 0.0753. The van der Waals surface area contributed by atoms with Gasteiger partial charge in [-0.1, -0.05) is 0 Å². The van der Waals surface area contributed by atoms with Gasteiger partial charge in [0.1, 0.15) is 17.2 Å². The summed E-state index contributed by atoms with van der Waals surface area (Å²) < 4.78 is 35.0. The van der Waals surface area contributed by atoms with Crippen molar-refractivity contribution in [1.82, 2.24) is 9.55 Å². The van der Waals surface area contributed by atoms with Gasteiger partial charge in [-0.2, -0.15) is 0 Å². The Morgan fingerprint density at radius 2 is 2.19 bits per heavy atom. The van der Waals surface area contributed by atoms with Crippen LogP contribution in [0.4, 0.5) is 8.78 Å². The molecule has 1 aliphatic carbocycles. The van der Waals surface area contributed by atoms with E-state index in [1.54, 1.807) is 7.11 Å². The number of alkyl halides is 1. The topological polar surface area (TPSA) is 27.1 Å². The average Bonchev–Trinajstić information content (AvgIpc) is 3.02. The average molecular weight is 315 g/mol. The van der Waals surface area contributed by atoms with Gasteiger partial charge in [0.25, 0.3) is 0 Å². The Morgan fingerprint density at radius 3 is 2.90 bits per heavy atom. The highest BCUT2D eigenvalue weighted by Crippen LogP contribution is 2.36. The molecule has 1 aromatic heterocycles. The number of aromatic nitrogens is 2. The predicted octanol–water partition coefficient (Wildman–Crippen LogP) is 3.84. The Kier molecular flexibility index (Phi) is 4.13. The summed E-state index contributed by atoms with van der Waals surface area (Å²) in [4.78, 5) is 4.34. The van der Waals surface area contributed by atoms with Crippen molar-refractivity contribution >= 4 is 22.6 Å². The third-order valence-corrected chi connectivity index (χ3v) is 4.35. The van der Waals surface area contributed by atoms with Crippen LogP contribution in [-0.4, -0.2) is 28.6 Å². The number of fused-ring (bicyclic) bond motifs is 1. The lowest BCUT2D eigenvalue weighted by Crippen LogP contribution is -2.22. The number of aryl methyl sites for hydroxylation is 1. The van der Waals surface area contributed by atoms with E-state index in [1.165, 1.54) is 6.07 Å². The molecule has 3 nitrogen and oxygen atoms in total. The van der Waals surface area contributed by atoms with Gasteiger partial charge in [-0.15, -0.1) is 11.6 Å². The Hall–Kier alpha value is -1.20. The second-order valence-electron chi connectivity index (χ2n) is 5.36. The lowest BCUT2D eigenvalue weighted by atomic mass is 10.2. The summed E-state index contributed by atoms with van der Waals surface area (Å²) in [5.41, 5.74) is 0.694. The summed E-state index contributed by atoms with van der Waals surface area (Å²) >= 11 is 5.83. The van der Waals surface area contributed by atoms with Crippen LogP contribution in [0.3, 0.4) is 0 Å². The molecule has 114 valence electrons. The normalized spacial score (nSPS) is 22.3. The Bertz CT molecular complexity index is 659. The van der Waals surface area contributed by atoms with Gasteiger partial charge in [-0.25, -0.2) is 13.8 Å². The van der Waals surface area contributed by atoms with E-state index in [0.717, 1.165) is 25.3 Å². The third-order valence-electron chi connectivity index (χ3n) is 4.16. The zero-order valence-electron chi connectivity index (χ0n) is 11.8. The lowest BCUT2D eigenvalue weighted by Gasteiger charge is -2.22. The minimum absolute atomic E-state index is 0.0443. The van der Waals surface area contributed by atoms with Crippen LogP contribution in [0, 0.1) is 11.6 Å². The number of hydrogen-bond acceptors (Lipinski definition) is 2. The monoisotopic (exact) mass is 314 g/mol. The third kappa shape index (κ3) is 2.53. The summed E-state index contributed by atoms with van der Waals surface area (Å²) in [7, 11) is 1.67. The minimum atomic E-state index is -0.633. The first-order chi connectivity index (χ1) is 10.2. The second-order valence-corrected chi connectivity index (χ2v) is 5.74. The number of hydrogen-bond donors (Lipinski definition) is 0. The molecule has 1 heterocycles. The molecular formula is C15H17ClF2N2O. The molecule has 2 atom stereocenters. The van der Waals surface area contributed by atoms with Gasteiger partial charge < -0.3 is 9.30 Å². The van der Waals surface area contributed by atoms with Crippen molar-refractivity contribution < 1.29 is 13.5 Å². The van der Waals surface area contributed by atoms with Crippen molar-refractivity contribution in [3.05, 3.63) is 29.6 Å². The number of nitrogens with zero attached hydrogens (tertiary/aromatic N) is 2. The molecule has 1 aliphatic rings. The Morgan fingerprint density at radius 1 is 1.38 bits per heavy atom. The fourth-order valence-corrected chi connectivity index (χ4v) is 3.45. The predicted molar refractivity (Wildman–Crippen MR) is 77.8 cm³/mol. The maximum absolute atomic E-state index is 14.0. The SMILES string of the molecule is COC1CCCC1n1c(CCCl)nc2c(F)cc(F)cc21. The van der Waals surface area contributed by atoms with Crippen LogP contribution in [0.15, 0.2) is 12.1 Å². The van der Waals surface area contributed by atoms with Crippen LogP contribution >= 0.6 is 11.6 Å². The second kappa shape index (κ2) is 5.89. The van der Waals surface area contributed by atoms with Gasteiger partial charge in [0, 0.05) is 25.5 Å². The molecule has 2 unspecified atom stereocenters. The molecule has 1 saturated carbocycles. The van der Waals surface area contributed by atoms with Crippen LogP contribution in [0.1, 0.15) is 31.1 Å². The summed E-state index contributed by atoms with van der Waals surface area (Å²) in [6, 6.07) is 2.26. The van der Waals surface area contributed by atoms with E-state index in [9.17, 15) is 8.78 Å². The molecule has 1 aromatic carbocycles. The fourth-order valence-electron chi connectivity index (χ4n) is 3.28. The molecule has 2 aromatic rings. The van der Waals surface area contributed by atoms with Crippen LogP contribution in [0.25, 0.3) is 11.0 Å². The molecule has 0 spiro atoms. The first-order valence-corrected chi connectivity index (χ1v) is 7.63. The summed E-state index contributed by atoms with van der Waals surface area (Å²) in [6.45, 7) is 0. The van der Waals surface area contributed by atoms with Crippen molar-refractivity contribution in [3.63, 3.8) is 0 Å². The number of rotatable bonds is 4. The zero-order chi connectivity index (χ0) is 15.0. The van der Waals surface area contributed by atoms with Crippen LogP contribution < -0.4 is 0 Å². The molecule has 0 saturated heterocycles. The van der Waals surface area contributed by atoms with Gasteiger partial charge in [0.05, 0.1) is 17.7 Å². The van der Waals surface area contributed by atoms with Crippen molar-refractivity contribution in [2.45, 2.75) is 37.8 Å². The van der Waals surface area contributed by atoms with Crippen LogP contribution in [0.5, 0.6) is 0 Å². The molecule has 0 aliphatic heterocycles. The molecule has 21 heavy (non-hydrogen) atoms. The van der Waals surface area contributed by atoms with Gasteiger partial charge >= 0.3 is 0 Å². The largest absolute Gasteiger partial charge is 0.379 e. The molecule has 0 N–H and O–H groups in total. The van der Waals surface area contributed by atoms with E-state index in [0.29, 0.717) is 23.6 Å². The minimum Gasteiger partial charge on any atom is -0.379 e. The Balaban J connectivity index is 2.20. The van der Waals surface area contributed by atoms with Crippen molar-refractivity contribution in [2.75, 3.05) is 13.0 Å². The van der Waals surface area contributed by atoms with Crippen molar-refractivity contribution in [1.29, 1.82) is 0 Å². The fraction of sp³-hybridized carbons (Fsp3) is 0.533. The molecule has 0 bridgehead atoms. The highest BCUT2D eigenvalue weighted by molar-refractivity contribution is 6.17. The van der Waals surface area contributed by atoms with E-state index in [1.807, 2.05) is 4.57 Å². The molecule has 0 radical (unpaired) electrons. The van der Waals surface area contributed by atoms with E-state index < -0.39 is 11.6 Å². The first-order valence-electron chi connectivity index (χ1n) is 7.10. The number of methoxy groups -OCH3 is 1. The number of ether oxygens (including phenoxy) is 1. The van der Waals surface area contributed by atoms with Gasteiger partial charge in [0.2, 0.25) is 0 Å². The van der Waals surface area contributed by atoms with E-state index in [4.69, 9.17) is 16.3 Å². The summed E-state index contributed by atoms with van der Waals surface area (Å²) in [5, 5.41) is 0. The smallest absolute Gasteiger partial charge is 0.153 e. The van der Waals surface area contributed by atoms with Gasteiger partial charge in [-0.05, 0) is 25.3 Å². The highest BCUT2D eigenvalue weighted by atomic mass is 35.5. The van der Waals surface area contributed by atoms with E-state index in [2.05, 4.69) is 4.98 Å². The maximum Gasteiger partial charge on any atom is 0.153 e. The number of halogens is 3.